The quantitative estimate of drug-likeness (QED) is 0.681. The fraction of sp³-hybridized carbons (Fsp3) is 0.667. The first-order chi connectivity index (χ1) is 7.97. The molecule has 1 aromatic heterocycles. The first-order valence-electron chi connectivity index (χ1n) is 6.68. The van der Waals surface area contributed by atoms with E-state index < -0.39 is 0 Å². The molecule has 2 aliphatic heterocycles. The summed E-state index contributed by atoms with van der Waals surface area (Å²) in [5.74, 6) is 0. The fourth-order valence-electron chi connectivity index (χ4n) is 3.24. The smallest absolute Gasteiger partial charge is 0.0467 e. The summed E-state index contributed by atoms with van der Waals surface area (Å²) in [7, 11) is 2.27. The maximum absolute atomic E-state index is 4.73. The molecular formula is C15H22N2. The van der Waals surface area contributed by atoms with Gasteiger partial charge in [-0.1, -0.05) is 26.8 Å². The molecule has 0 radical (unpaired) electrons. The largest absolute Gasteiger partial charge is 0.296 e. The van der Waals surface area contributed by atoms with Gasteiger partial charge in [0.15, 0.2) is 0 Å². The van der Waals surface area contributed by atoms with Gasteiger partial charge in [-0.2, -0.15) is 0 Å². The minimum absolute atomic E-state index is 0.204. The van der Waals surface area contributed by atoms with Crippen molar-refractivity contribution in [1.29, 1.82) is 0 Å². The molecule has 0 N–H and O–H groups in total. The van der Waals surface area contributed by atoms with Crippen LogP contribution in [-0.2, 0) is 11.8 Å². The van der Waals surface area contributed by atoms with E-state index >= 15 is 0 Å². The van der Waals surface area contributed by atoms with E-state index in [1.807, 2.05) is 0 Å². The molecule has 1 fully saturated rings. The normalized spacial score (nSPS) is 28.2. The highest BCUT2D eigenvalue weighted by atomic mass is 15.2. The molecule has 3 rings (SSSR count). The number of hydrogen-bond donors (Lipinski definition) is 0. The molecule has 2 atom stereocenters. The van der Waals surface area contributed by atoms with E-state index in [4.69, 9.17) is 4.98 Å². The summed E-state index contributed by atoms with van der Waals surface area (Å²) in [5, 5.41) is 0. The number of rotatable bonds is 0. The Morgan fingerprint density at radius 1 is 1.29 bits per heavy atom. The SMILES string of the molecule is CN1C2CCC1c1cc(C(C)(C)C)cnc1C2. The van der Waals surface area contributed by atoms with Crippen molar-refractivity contribution in [2.45, 2.75) is 57.5 Å². The molecule has 3 heterocycles. The minimum Gasteiger partial charge on any atom is -0.296 e. The zero-order valence-electron chi connectivity index (χ0n) is 11.3. The highest BCUT2D eigenvalue weighted by Crippen LogP contribution is 2.42. The second-order valence-electron chi connectivity index (χ2n) is 6.63. The number of fused-ring (bicyclic) bond motifs is 4. The molecule has 1 saturated heterocycles. The molecule has 2 bridgehead atoms. The molecule has 2 nitrogen and oxygen atoms in total. The lowest BCUT2D eigenvalue weighted by molar-refractivity contribution is 0.221. The Balaban J connectivity index is 2.07. The average molecular weight is 230 g/mol. The molecule has 2 heteroatoms. The first kappa shape index (κ1) is 11.2. The molecule has 0 amide bonds. The van der Waals surface area contributed by atoms with Crippen LogP contribution in [0.3, 0.4) is 0 Å². The van der Waals surface area contributed by atoms with E-state index in [-0.39, 0.29) is 5.41 Å². The summed E-state index contributed by atoms with van der Waals surface area (Å²) in [6.07, 6.45) is 5.88. The van der Waals surface area contributed by atoms with Gasteiger partial charge in [0.05, 0.1) is 0 Å². The molecule has 0 aromatic carbocycles. The van der Waals surface area contributed by atoms with Gasteiger partial charge in [0.25, 0.3) is 0 Å². The van der Waals surface area contributed by atoms with Crippen molar-refractivity contribution in [3.8, 4) is 0 Å². The van der Waals surface area contributed by atoms with Gasteiger partial charge in [-0.15, -0.1) is 0 Å². The summed E-state index contributed by atoms with van der Waals surface area (Å²) >= 11 is 0. The van der Waals surface area contributed by atoms with Crippen molar-refractivity contribution in [3.05, 3.63) is 29.1 Å². The van der Waals surface area contributed by atoms with E-state index in [9.17, 15) is 0 Å². The fourth-order valence-corrected chi connectivity index (χ4v) is 3.24. The van der Waals surface area contributed by atoms with Crippen LogP contribution in [0.1, 0.15) is 56.5 Å². The lowest BCUT2D eigenvalue weighted by atomic mass is 9.85. The van der Waals surface area contributed by atoms with Gasteiger partial charge in [-0.3, -0.25) is 9.88 Å². The summed E-state index contributed by atoms with van der Waals surface area (Å²) in [6.45, 7) is 6.79. The predicted molar refractivity (Wildman–Crippen MR) is 70.2 cm³/mol. The van der Waals surface area contributed by atoms with Crippen molar-refractivity contribution in [2.75, 3.05) is 7.05 Å². The van der Waals surface area contributed by atoms with E-state index in [1.54, 1.807) is 0 Å². The summed E-state index contributed by atoms with van der Waals surface area (Å²) < 4.78 is 0. The van der Waals surface area contributed by atoms with E-state index in [0.717, 1.165) is 12.5 Å². The third-order valence-electron chi connectivity index (χ3n) is 4.50. The zero-order valence-corrected chi connectivity index (χ0v) is 11.3. The lowest BCUT2D eigenvalue weighted by Crippen LogP contribution is -2.35. The molecule has 0 aliphatic carbocycles. The zero-order chi connectivity index (χ0) is 12.2. The maximum atomic E-state index is 4.73. The van der Waals surface area contributed by atoms with Crippen LogP contribution in [0.4, 0.5) is 0 Å². The Bertz CT molecular complexity index is 445. The van der Waals surface area contributed by atoms with Crippen LogP contribution in [0.5, 0.6) is 0 Å². The van der Waals surface area contributed by atoms with Gasteiger partial charge in [0, 0.05) is 30.4 Å². The first-order valence-corrected chi connectivity index (χ1v) is 6.68. The van der Waals surface area contributed by atoms with Crippen molar-refractivity contribution in [1.82, 2.24) is 9.88 Å². The summed E-state index contributed by atoms with van der Waals surface area (Å²) in [6, 6.07) is 3.77. The number of likely N-dealkylation sites (N-methyl/N-ethyl adjacent to an activating group) is 1. The van der Waals surface area contributed by atoms with Crippen LogP contribution in [0.15, 0.2) is 12.3 Å². The minimum atomic E-state index is 0.204. The van der Waals surface area contributed by atoms with Crippen LogP contribution in [0.25, 0.3) is 0 Å². The molecule has 0 saturated carbocycles. The van der Waals surface area contributed by atoms with Gasteiger partial charge in [-0.05, 0) is 36.4 Å². The van der Waals surface area contributed by atoms with Gasteiger partial charge < -0.3 is 0 Å². The number of aromatic nitrogens is 1. The van der Waals surface area contributed by atoms with Gasteiger partial charge in [0.2, 0.25) is 0 Å². The third kappa shape index (κ3) is 1.70. The van der Waals surface area contributed by atoms with Crippen LogP contribution < -0.4 is 0 Å². The molecule has 92 valence electrons. The van der Waals surface area contributed by atoms with Crippen molar-refractivity contribution in [3.63, 3.8) is 0 Å². The maximum Gasteiger partial charge on any atom is 0.0467 e. The average Bonchev–Trinajstić information content (AvgIpc) is 2.51. The topological polar surface area (TPSA) is 16.1 Å². The summed E-state index contributed by atoms with van der Waals surface area (Å²) in [4.78, 5) is 7.29. The van der Waals surface area contributed by atoms with E-state index in [0.29, 0.717) is 6.04 Å². The Labute approximate surface area is 104 Å². The second-order valence-corrected chi connectivity index (χ2v) is 6.63. The highest BCUT2D eigenvalue weighted by molar-refractivity contribution is 5.35. The monoisotopic (exact) mass is 230 g/mol. The Morgan fingerprint density at radius 3 is 2.76 bits per heavy atom. The van der Waals surface area contributed by atoms with Crippen molar-refractivity contribution < 1.29 is 0 Å². The van der Waals surface area contributed by atoms with Gasteiger partial charge in [0.1, 0.15) is 0 Å². The summed E-state index contributed by atoms with van der Waals surface area (Å²) in [5.41, 5.74) is 4.42. The number of hydrogen-bond acceptors (Lipinski definition) is 2. The van der Waals surface area contributed by atoms with Crippen LogP contribution in [-0.4, -0.2) is 23.0 Å². The highest BCUT2D eigenvalue weighted by Gasteiger charge is 2.38. The standard InChI is InChI=1S/C15H22N2/c1-15(2,3)10-7-12-13(16-9-10)8-11-5-6-14(12)17(11)4/h7,9,11,14H,5-6,8H2,1-4H3. The van der Waals surface area contributed by atoms with Crippen LogP contribution in [0.2, 0.25) is 0 Å². The molecule has 1 aromatic rings. The Kier molecular flexibility index (Phi) is 2.34. The Morgan fingerprint density at radius 2 is 2.06 bits per heavy atom. The molecule has 17 heavy (non-hydrogen) atoms. The number of nitrogens with zero attached hydrogens (tertiary/aromatic N) is 2. The second kappa shape index (κ2) is 3.55. The molecule has 2 unspecified atom stereocenters. The molecular weight excluding hydrogens is 208 g/mol. The van der Waals surface area contributed by atoms with Crippen molar-refractivity contribution in [2.24, 2.45) is 0 Å². The van der Waals surface area contributed by atoms with Gasteiger partial charge >= 0.3 is 0 Å². The van der Waals surface area contributed by atoms with Crippen molar-refractivity contribution >= 4 is 0 Å². The van der Waals surface area contributed by atoms with E-state index in [1.165, 1.54) is 29.7 Å². The molecule has 2 aliphatic rings. The Hall–Kier alpha value is -0.890. The predicted octanol–water partition coefficient (Wildman–Crippen LogP) is 3.07. The van der Waals surface area contributed by atoms with Crippen LogP contribution in [0, 0.1) is 0 Å². The lowest BCUT2D eigenvalue weighted by Gasteiger charge is -2.33. The number of pyridine rings is 1. The van der Waals surface area contributed by atoms with E-state index in [2.05, 4.69) is 45.0 Å². The van der Waals surface area contributed by atoms with Crippen LogP contribution >= 0.6 is 0 Å². The third-order valence-corrected chi connectivity index (χ3v) is 4.50. The molecule has 0 spiro atoms. The van der Waals surface area contributed by atoms with Gasteiger partial charge in [-0.25, -0.2) is 0 Å².